The zero-order valence-electron chi connectivity index (χ0n) is 17.5. The fourth-order valence-corrected chi connectivity index (χ4v) is 3.20. The number of fused-ring (bicyclic) bond motifs is 1. The van der Waals surface area contributed by atoms with E-state index >= 15 is 0 Å². The lowest BCUT2D eigenvalue weighted by Crippen LogP contribution is -2.33. The van der Waals surface area contributed by atoms with E-state index < -0.39 is 24.3 Å². The summed E-state index contributed by atoms with van der Waals surface area (Å²) >= 11 is 0. The molecule has 3 heterocycles. The largest absolute Gasteiger partial charge is 0.490 e. The lowest BCUT2D eigenvalue weighted by molar-refractivity contribution is -0.193. The molecule has 0 saturated carbocycles. The SMILES string of the molecule is CCCN1C[C@H](OCc2cccnc2)[C@H]2COC[C@H]21.O=C(O)C(F)(F)F.O=C(O)C(F)(F)F. The molecule has 0 bridgehead atoms. The average molecular weight is 490 g/mol. The highest BCUT2D eigenvalue weighted by Gasteiger charge is 2.45. The molecule has 1 aromatic heterocycles. The molecule has 2 saturated heterocycles. The zero-order valence-corrected chi connectivity index (χ0v) is 17.5. The van der Waals surface area contributed by atoms with Gasteiger partial charge in [0.25, 0.3) is 0 Å². The van der Waals surface area contributed by atoms with Gasteiger partial charge in [0.05, 0.1) is 25.9 Å². The number of carbonyl (C=O) groups is 2. The minimum atomic E-state index is -5.08. The third-order valence-electron chi connectivity index (χ3n) is 4.64. The van der Waals surface area contributed by atoms with E-state index in [9.17, 15) is 26.3 Å². The van der Waals surface area contributed by atoms with Gasteiger partial charge in [0.1, 0.15) is 0 Å². The van der Waals surface area contributed by atoms with Crippen molar-refractivity contribution in [2.45, 2.75) is 44.4 Å². The van der Waals surface area contributed by atoms with Crippen molar-refractivity contribution in [3.05, 3.63) is 30.1 Å². The number of nitrogens with zero attached hydrogens (tertiary/aromatic N) is 2. The van der Waals surface area contributed by atoms with Crippen LogP contribution in [0.5, 0.6) is 0 Å². The molecule has 8 nitrogen and oxygen atoms in total. The van der Waals surface area contributed by atoms with Gasteiger partial charge in [-0.05, 0) is 24.6 Å². The van der Waals surface area contributed by atoms with Crippen LogP contribution in [0.3, 0.4) is 0 Å². The van der Waals surface area contributed by atoms with Gasteiger partial charge in [-0.25, -0.2) is 9.59 Å². The Morgan fingerprint density at radius 2 is 1.73 bits per heavy atom. The topological polar surface area (TPSA) is 109 Å². The first kappa shape index (κ1) is 28.6. The van der Waals surface area contributed by atoms with Crippen LogP contribution in [0.4, 0.5) is 26.3 Å². The van der Waals surface area contributed by atoms with Crippen molar-refractivity contribution < 1.29 is 55.6 Å². The molecule has 0 spiro atoms. The van der Waals surface area contributed by atoms with E-state index in [4.69, 9.17) is 29.3 Å². The normalized spacial score (nSPS) is 22.5. The summed E-state index contributed by atoms with van der Waals surface area (Å²) in [6.07, 6.45) is -5.00. The molecule has 3 atom stereocenters. The maximum Gasteiger partial charge on any atom is 0.490 e. The molecule has 2 aliphatic heterocycles. The summed E-state index contributed by atoms with van der Waals surface area (Å²) in [5.74, 6) is -4.97. The molecule has 188 valence electrons. The summed E-state index contributed by atoms with van der Waals surface area (Å²) in [6, 6.07) is 4.59. The molecule has 0 unspecified atom stereocenters. The minimum absolute atomic E-state index is 0.305. The number of carboxylic acid groups (broad SMARTS) is 2. The van der Waals surface area contributed by atoms with E-state index in [-0.39, 0.29) is 0 Å². The van der Waals surface area contributed by atoms with Crippen molar-refractivity contribution in [1.29, 1.82) is 0 Å². The van der Waals surface area contributed by atoms with Gasteiger partial charge in [-0.1, -0.05) is 13.0 Å². The van der Waals surface area contributed by atoms with Crippen LogP contribution in [0.25, 0.3) is 0 Å². The Labute approximate surface area is 185 Å². The smallest absolute Gasteiger partial charge is 0.475 e. The van der Waals surface area contributed by atoms with Crippen molar-refractivity contribution in [3.8, 4) is 0 Å². The Hall–Kier alpha value is -2.45. The highest BCUT2D eigenvalue weighted by Crippen LogP contribution is 2.32. The second-order valence-electron chi connectivity index (χ2n) is 7.08. The van der Waals surface area contributed by atoms with Crippen LogP contribution < -0.4 is 0 Å². The molecule has 14 heteroatoms. The van der Waals surface area contributed by atoms with Crippen molar-refractivity contribution in [2.75, 3.05) is 26.3 Å². The summed E-state index contributed by atoms with van der Waals surface area (Å²) in [4.78, 5) is 24.5. The van der Waals surface area contributed by atoms with E-state index in [0.29, 0.717) is 24.7 Å². The predicted molar refractivity (Wildman–Crippen MR) is 100 cm³/mol. The van der Waals surface area contributed by atoms with Gasteiger partial charge < -0.3 is 19.7 Å². The number of alkyl halides is 6. The molecule has 2 aliphatic rings. The van der Waals surface area contributed by atoms with Crippen molar-refractivity contribution in [2.24, 2.45) is 5.92 Å². The number of hydrogen-bond acceptors (Lipinski definition) is 6. The zero-order chi connectivity index (χ0) is 25.2. The lowest BCUT2D eigenvalue weighted by atomic mass is 10.0. The molecule has 3 rings (SSSR count). The molecule has 1 aromatic rings. The number of hydrogen-bond donors (Lipinski definition) is 2. The summed E-state index contributed by atoms with van der Waals surface area (Å²) in [5, 5.41) is 14.2. The number of likely N-dealkylation sites (tertiary alicyclic amines) is 1. The van der Waals surface area contributed by atoms with Crippen LogP contribution in [0.1, 0.15) is 18.9 Å². The Bertz CT molecular complexity index is 723. The van der Waals surface area contributed by atoms with Crippen LogP contribution in [-0.4, -0.2) is 82.8 Å². The Balaban J connectivity index is 0.000000324. The van der Waals surface area contributed by atoms with Crippen LogP contribution in [0.15, 0.2) is 24.5 Å². The predicted octanol–water partition coefficient (Wildman–Crippen LogP) is 2.97. The first-order chi connectivity index (χ1) is 15.3. The first-order valence-electron chi connectivity index (χ1n) is 9.69. The number of aromatic nitrogens is 1. The molecule has 0 aromatic carbocycles. The van der Waals surface area contributed by atoms with Crippen molar-refractivity contribution in [1.82, 2.24) is 9.88 Å². The number of rotatable bonds is 5. The van der Waals surface area contributed by atoms with Crippen molar-refractivity contribution >= 4 is 11.9 Å². The summed E-state index contributed by atoms with van der Waals surface area (Å²) in [5.41, 5.74) is 1.15. The van der Waals surface area contributed by atoms with Crippen molar-refractivity contribution in [3.63, 3.8) is 0 Å². The molecule has 0 aliphatic carbocycles. The van der Waals surface area contributed by atoms with Gasteiger partial charge >= 0.3 is 24.3 Å². The van der Waals surface area contributed by atoms with Gasteiger partial charge in [0.2, 0.25) is 0 Å². The van der Waals surface area contributed by atoms with Gasteiger partial charge in [-0.2, -0.15) is 26.3 Å². The second kappa shape index (κ2) is 12.7. The molecule has 2 fully saturated rings. The highest BCUT2D eigenvalue weighted by atomic mass is 19.4. The van der Waals surface area contributed by atoms with Crippen LogP contribution >= 0.6 is 0 Å². The number of carboxylic acids is 2. The summed E-state index contributed by atoms with van der Waals surface area (Å²) < 4.78 is 75.2. The third-order valence-corrected chi connectivity index (χ3v) is 4.64. The van der Waals surface area contributed by atoms with Gasteiger partial charge in [0, 0.05) is 30.9 Å². The molecular weight excluding hydrogens is 466 g/mol. The lowest BCUT2D eigenvalue weighted by Gasteiger charge is -2.20. The minimum Gasteiger partial charge on any atom is -0.475 e. The number of pyridine rings is 1. The van der Waals surface area contributed by atoms with Crippen LogP contribution in [0.2, 0.25) is 0 Å². The van der Waals surface area contributed by atoms with Crippen LogP contribution in [-0.2, 0) is 25.7 Å². The molecule has 0 radical (unpaired) electrons. The number of ether oxygens (including phenoxy) is 2. The Morgan fingerprint density at radius 1 is 1.15 bits per heavy atom. The Morgan fingerprint density at radius 3 is 2.18 bits per heavy atom. The Kier molecular flexibility index (Phi) is 11.0. The molecule has 33 heavy (non-hydrogen) atoms. The molecular formula is C19H24F6N2O6. The summed E-state index contributed by atoms with van der Waals surface area (Å²) in [6.45, 7) is 6.81. The monoisotopic (exact) mass is 490 g/mol. The van der Waals surface area contributed by atoms with E-state index in [1.165, 1.54) is 6.42 Å². The number of aliphatic carboxylic acids is 2. The van der Waals surface area contributed by atoms with Gasteiger partial charge in [-0.3, -0.25) is 9.88 Å². The quantitative estimate of drug-likeness (QED) is 0.607. The average Bonchev–Trinajstić information content (AvgIpc) is 3.31. The summed E-state index contributed by atoms with van der Waals surface area (Å²) in [7, 11) is 0. The molecule has 2 N–H and O–H groups in total. The van der Waals surface area contributed by atoms with Gasteiger partial charge in [-0.15, -0.1) is 0 Å². The maximum atomic E-state index is 10.6. The maximum absolute atomic E-state index is 10.6. The molecule has 0 amide bonds. The third kappa shape index (κ3) is 9.92. The second-order valence-corrected chi connectivity index (χ2v) is 7.08. The van der Waals surface area contributed by atoms with E-state index in [1.807, 2.05) is 12.3 Å². The van der Waals surface area contributed by atoms with E-state index in [0.717, 1.165) is 31.9 Å². The van der Waals surface area contributed by atoms with E-state index in [2.05, 4.69) is 22.9 Å². The fraction of sp³-hybridized carbons (Fsp3) is 0.632. The van der Waals surface area contributed by atoms with E-state index in [1.54, 1.807) is 6.20 Å². The first-order valence-corrected chi connectivity index (χ1v) is 9.69. The highest BCUT2D eigenvalue weighted by molar-refractivity contribution is 5.73. The van der Waals surface area contributed by atoms with Gasteiger partial charge in [0.15, 0.2) is 0 Å². The van der Waals surface area contributed by atoms with Crippen LogP contribution in [0, 0.1) is 5.92 Å². The number of halogens is 6. The standard InChI is InChI=1S/C15H22N2O2.2C2HF3O2/c1-2-6-17-8-15(13-10-18-11-14(13)17)19-9-12-4-3-5-16-7-12;2*3-2(4,5)1(6)7/h3-5,7,13-15H,2,6,8-11H2,1H3;2*(H,6,7)/t13-,14+,15-;;/m0../s1. The fourth-order valence-electron chi connectivity index (χ4n) is 3.20.